The van der Waals surface area contributed by atoms with E-state index in [1.807, 2.05) is 67.3 Å². The first-order valence-corrected chi connectivity index (χ1v) is 12.5. The predicted molar refractivity (Wildman–Crippen MR) is 127 cm³/mol. The number of nitrogens with one attached hydrogen (secondary N) is 1. The number of benzene rings is 2. The van der Waals surface area contributed by atoms with Gasteiger partial charge in [-0.25, -0.2) is 4.98 Å². The van der Waals surface area contributed by atoms with E-state index in [1.54, 1.807) is 23.1 Å². The number of carbonyl (C=O) groups is 1. The summed E-state index contributed by atoms with van der Waals surface area (Å²) >= 11 is 4.58. The molecule has 2 aromatic carbocycles. The summed E-state index contributed by atoms with van der Waals surface area (Å²) in [7, 11) is 1.87. The average Bonchev–Trinajstić information content (AvgIpc) is 3.34. The van der Waals surface area contributed by atoms with Crippen LogP contribution in [0.4, 0.5) is 5.69 Å². The maximum absolute atomic E-state index is 12.4. The van der Waals surface area contributed by atoms with Gasteiger partial charge in [0.25, 0.3) is 0 Å². The lowest BCUT2D eigenvalue weighted by molar-refractivity contribution is -0.113. The molecule has 0 saturated heterocycles. The summed E-state index contributed by atoms with van der Waals surface area (Å²) in [5, 5.41) is 12.0. The Labute approximate surface area is 192 Å². The Hall–Kier alpha value is -2.56. The van der Waals surface area contributed by atoms with Crippen LogP contribution in [-0.2, 0) is 18.4 Å². The van der Waals surface area contributed by atoms with Crippen molar-refractivity contribution in [3.8, 4) is 5.75 Å². The van der Waals surface area contributed by atoms with E-state index >= 15 is 0 Å². The van der Waals surface area contributed by atoms with E-state index in [1.165, 1.54) is 11.8 Å². The third kappa shape index (κ3) is 5.20. The summed E-state index contributed by atoms with van der Waals surface area (Å²) in [5.41, 5.74) is 2.78. The number of ether oxygens (including phenoxy) is 1. The van der Waals surface area contributed by atoms with Crippen molar-refractivity contribution in [1.29, 1.82) is 0 Å². The average molecular weight is 472 g/mol. The zero-order valence-electron chi connectivity index (χ0n) is 17.3. The first kappa shape index (κ1) is 21.7. The zero-order valence-corrected chi connectivity index (χ0v) is 19.7. The number of hydrogen-bond donors (Lipinski definition) is 1. The van der Waals surface area contributed by atoms with Gasteiger partial charge in [-0.3, -0.25) is 4.79 Å². The lowest BCUT2D eigenvalue weighted by atomic mass is 10.2. The lowest BCUT2D eigenvalue weighted by Crippen LogP contribution is -2.14. The van der Waals surface area contributed by atoms with Gasteiger partial charge in [0, 0.05) is 12.7 Å². The van der Waals surface area contributed by atoms with Gasteiger partial charge in [-0.1, -0.05) is 41.7 Å². The second-order valence-electron chi connectivity index (χ2n) is 6.72. The summed E-state index contributed by atoms with van der Waals surface area (Å²) in [6, 6.07) is 13.6. The van der Waals surface area contributed by atoms with Crippen molar-refractivity contribution in [2.75, 3.05) is 17.3 Å². The number of aryl methyl sites for hydroxylation is 1. The van der Waals surface area contributed by atoms with Crippen molar-refractivity contribution in [2.45, 2.75) is 23.0 Å². The molecule has 31 heavy (non-hydrogen) atoms. The quantitative estimate of drug-likeness (QED) is 0.371. The summed E-state index contributed by atoms with van der Waals surface area (Å²) in [4.78, 5) is 16.9. The Morgan fingerprint density at radius 3 is 2.87 bits per heavy atom. The molecule has 1 amide bonds. The molecular formula is C21H21N5O2S3. The van der Waals surface area contributed by atoms with Gasteiger partial charge in [0.2, 0.25) is 5.91 Å². The molecule has 7 nitrogen and oxygen atoms in total. The third-order valence-corrected chi connectivity index (χ3v) is 7.56. The van der Waals surface area contributed by atoms with Crippen LogP contribution in [0.3, 0.4) is 0 Å². The molecule has 4 rings (SSSR count). The normalized spacial score (nSPS) is 11.1. The Kier molecular flexibility index (Phi) is 6.79. The van der Waals surface area contributed by atoms with Crippen molar-refractivity contribution in [1.82, 2.24) is 19.7 Å². The summed E-state index contributed by atoms with van der Waals surface area (Å²) in [6.45, 7) is 2.31. The van der Waals surface area contributed by atoms with Gasteiger partial charge < -0.3 is 14.6 Å². The topological polar surface area (TPSA) is 81.9 Å². The molecule has 0 saturated carbocycles. The summed E-state index contributed by atoms with van der Waals surface area (Å²) in [6.07, 6.45) is 2.00. The largest absolute Gasteiger partial charge is 0.485 e. The number of thioether (sulfide) groups is 2. The fraction of sp³-hybridized carbons (Fsp3) is 0.238. The minimum atomic E-state index is -0.0975. The smallest absolute Gasteiger partial charge is 0.234 e. The number of aromatic nitrogens is 4. The zero-order chi connectivity index (χ0) is 21.8. The highest BCUT2D eigenvalue weighted by molar-refractivity contribution is 8.00. The molecule has 2 aromatic heterocycles. The van der Waals surface area contributed by atoms with Crippen LogP contribution in [0.2, 0.25) is 0 Å². The number of fused-ring (bicyclic) bond motifs is 1. The molecule has 0 radical (unpaired) electrons. The molecule has 0 fully saturated rings. The highest BCUT2D eigenvalue weighted by Gasteiger charge is 2.13. The van der Waals surface area contributed by atoms with Gasteiger partial charge in [0.05, 0.1) is 16.0 Å². The molecule has 0 aliphatic rings. The van der Waals surface area contributed by atoms with Crippen LogP contribution in [0.15, 0.2) is 52.0 Å². The fourth-order valence-electron chi connectivity index (χ4n) is 2.85. The second-order valence-corrected chi connectivity index (χ2v) is 9.74. The molecule has 0 spiro atoms. The minimum Gasteiger partial charge on any atom is -0.485 e. The fourth-order valence-corrected chi connectivity index (χ4v) is 5.11. The number of nitrogens with zero attached hydrogens (tertiary/aromatic N) is 4. The van der Waals surface area contributed by atoms with Crippen molar-refractivity contribution < 1.29 is 9.53 Å². The van der Waals surface area contributed by atoms with Crippen molar-refractivity contribution in [3.05, 3.63) is 53.9 Å². The highest BCUT2D eigenvalue weighted by atomic mass is 32.2. The van der Waals surface area contributed by atoms with Gasteiger partial charge in [0.1, 0.15) is 12.4 Å². The number of para-hydroxylation sites is 1. The van der Waals surface area contributed by atoms with Gasteiger partial charge in [-0.05, 0) is 43.0 Å². The molecule has 2 heterocycles. The Balaban J connectivity index is 1.32. The number of carbonyl (C=O) groups excluding carboxylic acids is 1. The third-order valence-electron chi connectivity index (χ3n) is 4.53. The molecule has 1 N–H and O–H groups in total. The first-order valence-electron chi connectivity index (χ1n) is 9.47. The molecule has 0 aliphatic carbocycles. The molecular weight excluding hydrogens is 450 g/mol. The molecule has 0 unspecified atom stereocenters. The van der Waals surface area contributed by atoms with Crippen LogP contribution in [0.1, 0.15) is 11.4 Å². The van der Waals surface area contributed by atoms with Crippen LogP contribution in [0, 0.1) is 6.92 Å². The second kappa shape index (κ2) is 9.71. The van der Waals surface area contributed by atoms with Crippen LogP contribution in [0.5, 0.6) is 5.75 Å². The van der Waals surface area contributed by atoms with Gasteiger partial charge in [0.15, 0.2) is 15.3 Å². The molecule has 4 aromatic rings. The molecule has 160 valence electrons. The predicted octanol–water partition coefficient (Wildman–Crippen LogP) is 4.76. The van der Waals surface area contributed by atoms with E-state index in [2.05, 4.69) is 20.5 Å². The number of rotatable bonds is 8. The highest BCUT2D eigenvalue weighted by Crippen LogP contribution is 2.30. The van der Waals surface area contributed by atoms with Crippen LogP contribution in [-0.4, -0.2) is 37.7 Å². The van der Waals surface area contributed by atoms with Crippen molar-refractivity contribution in [3.63, 3.8) is 0 Å². The summed E-state index contributed by atoms with van der Waals surface area (Å²) in [5.74, 6) is 1.66. The van der Waals surface area contributed by atoms with Gasteiger partial charge in [-0.15, -0.1) is 21.5 Å². The van der Waals surface area contributed by atoms with E-state index < -0.39 is 0 Å². The van der Waals surface area contributed by atoms with Gasteiger partial charge in [-0.2, -0.15) is 0 Å². The molecule has 0 aliphatic heterocycles. The Bertz CT molecular complexity index is 1220. The van der Waals surface area contributed by atoms with E-state index in [9.17, 15) is 4.79 Å². The SMILES string of the molecule is CSc1nc2ccc(NC(=O)CSc3nnc(COc4ccccc4C)n3C)cc2s1. The van der Waals surface area contributed by atoms with E-state index in [0.29, 0.717) is 17.6 Å². The van der Waals surface area contributed by atoms with Crippen LogP contribution in [0.25, 0.3) is 10.2 Å². The monoisotopic (exact) mass is 471 g/mol. The van der Waals surface area contributed by atoms with E-state index in [-0.39, 0.29) is 11.7 Å². The number of hydrogen-bond acceptors (Lipinski definition) is 8. The van der Waals surface area contributed by atoms with Crippen molar-refractivity contribution in [2.24, 2.45) is 7.05 Å². The lowest BCUT2D eigenvalue weighted by Gasteiger charge is -2.08. The first-order chi connectivity index (χ1) is 15.0. The Morgan fingerprint density at radius 1 is 1.23 bits per heavy atom. The summed E-state index contributed by atoms with van der Waals surface area (Å²) < 4.78 is 9.77. The minimum absolute atomic E-state index is 0.0975. The van der Waals surface area contributed by atoms with Crippen LogP contribution >= 0.6 is 34.9 Å². The number of thiazole rings is 1. The van der Waals surface area contributed by atoms with E-state index in [4.69, 9.17) is 4.74 Å². The number of amides is 1. The Morgan fingerprint density at radius 2 is 2.06 bits per heavy atom. The van der Waals surface area contributed by atoms with E-state index in [0.717, 1.165) is 31.6 Å². The maximum atomic E-state index is 12.4. The molecule has 0 atom stereocenters. The standard InChI is InChI=1S/C21H21N5O2S3/c1-13-6-4-5-7-16(13)28-11-18-24-25-20(26(18)2)30-12-19(27)22-14-8-9-15-17(10-14)31-21(23-15)29-3/h4-10H,11-12H2,1-3H3,(H,22,27). The number of anilines is 1. The van der Waals surface area contributed by atoms with Crippen LogP contribution < -0.4 is 10.1 Å². The molecule has 10 heteroatoms. The molecule has 0 bridgehead atoms. The van der Waals surface area contributed by atoms with Gasteiger partial charge >= 0.3 is 0 Å². The van der Waals surface area contributed by atoms with Crippen molar-refractivity contribution >= 4 is 56.7 Å². The maximum Gasteiger partial charge on any atom is 0.234 e.